The Balaban J connectivity index is 1.95. The number of aromatic nitrogens is 1. The van der Waals surface area contributed by atoms with Crippen LogP contribution in [0.1, 0.15) is 44.8 Å². The highest BCUT2D eigenvalue weighted by Gasteiger charge is 2.22. The number of nitrogens with zero attached hydrogens (tertiary/aromatic N) is 2. The van der Waals surface area contributed by atoms with E-state index < -0.39 is 0 Å². The third-order valence-corrected chi connectivity index (χ3v) is 4.51. The minimum Gasteiger partial charge on any atom is -0.376 e. The van der Waals surface area contributed by atoms with Gasteiger partial charge in [0, 0.05) is 31.1 Å². The van der Waals surface area contributed by atoms with Crippen molar-refractivity contribution in [2.24, 2.45) is 0 Å². The van der Waals surface area contributed by atoms with E-state index in [1.54, 1.807) is 11.3 Å². The van der Waals surface area contributed by atoms with Crippen molar-refractivity contribution in [1.29, 1.82) is 0 Å². The molecule has 1 N–H and O–H groups in total. The van der Waals surface area contributed by atoms with Gasteiger partial charge in [-0.15, -0.1) is 11.3 Å². The maximum Gasteiger partial charge on any atom is 0.185 e. The molecule has 4 nitrogen and oxygen atoms in total. The molecule has 108 valence electrons. The Labute approximate surface area is 120 Å². The summed E-state index contributed by atoms with van der Waals surface area (Å²) >= 11 is 1.74. The molecule has 1 aromatic heterocycles. The van der Waals surface area contributed by atoms with E-state index >= 15 is 0 Å². The lowest BCUT2D eigenvalue weighted by molar-refractivity contribution is 0.0440. The third kappa shape index (κ3) is 3.91. The van der Waals surface area contributed by atoms with Crippen molar-refractivity contribution in [3.8, 4) is 0 Å². The average Bonchev–Trinajstić information content (AvgIpc) is 2.94. The van der Waals surface area contributed by atoms with Crippen LogP contribution in [-0.2, 0) is 4.74 Å². The van der Waals surface area contributed by atoms with Crippen molar-refractivity contribution < 1.29 is 4.74 Å². The highest BCUT2D eigenvalue weighted by molar-refractivity contribution is 7.13. The molecule has 0 spiro atoms. The summed E-state index contributed by atoms with van der Waals surface area (Å²) in [4.78, 5) is 7.12. The number of hydrogen-bond acceptors (Lipinski definition) is 5. The highest BCUT2D eigenvalue weighted by atomic mass is 32.1. The van der Waals surface area contributed by atoms with E-state index in [-0.39, 0.29) is 0 Å². The van der Waals surface area contributed by atoms with E-state index in [9.17, 15) is 0 Å². The Kier molecular flexibility index (Phi) is 5.60. The largest absolute Gasteiger partial charge is 0.376 e. The van der Waals surface area contributed by atoms with Gasteiger partial charge < -0.3 is 15.0 Å². The van der Waals surface area contributed by atoms with Gasteiger partial charge in [0.2, 0.25) is 0 Å². The van der Waals surface area contributed by atoms with Gasteiger partial charge in [-0.3, -0.25) is 0 Å². The van der Waals surface area contributed by atoms with Crippen molar-refractivity contribution in [3.63, 3.8) is 0 Å². The zero-order valence-electron chi connectivity index (χ0n) is 12.2. The van der Waals surface area contributed by atoms with Crippen LogP contribution in [0.5, 0.6) is 0 Å². The van der Waals surface area contributed by atoms with Crippen LogP contribution in [0, 0.1) is 0 Å². The van der Waals surface area contributed by atoms with E-state index in [0.717, 1.165) is 36.9 Å². The van der Waals surface area contributed by atoms with Crippen LogP contribution < -0.4 is 10.2 Å². The third-order valence-electron chi connectivity index (χ3n) is 3.59. The monoisotopic (exact) mass is 283 g/mol. The van der Waals surface area contributed by atoms with Crippen LogP contribution in [-0.4, -0.2) is 37.8 Å². The zero-order chi connectivity index (χ0) is 13.7. The Morgan fingerprint density at radius 2 is 2.47 bits per heavy atom. The van der Waals surface area contributed by atoms with Gasteiger partial charge in [-0.25, -0.2) is 4.98 Å². The number of nitrogens with one attached hydrogen (secondary N) is 1. The van der Waals surface area contributed by atoms with Gasteiger partial charge in [-0.2, -0.15) is 0 Å². The maximum absolute atomic E-state index is 5.88. The predicted octanol–water partition coefficient (Wildman–Crippen LogP) is 2.82. The van der Waals surface area contributed by atoms with Crippen LogP contribution in [0.25, 0.3) is 0 Å². The molecule has 19 heavy (non-hydrogen) atoms. The first kappa shape index (κ1) is 14.8. The van der Waals surface area contributed by atoms with Crippen molar-refractivity contribution in [1.82, 2.24) is 10.3 Å². The van der Waals surface area contributed by atoms with Crippen LogP contribution in [0.4, 0.5) is 5.13 Å². The molecule has 0 aromatic carbocycles. The van der Waals surface area contributed by atoms with Gasteiger partial charge in [0.05, 0.1) is 11.8 Å². The molecular weight excluding hydrogens is 258 g/mol. The van der Waals surface area contributed by atoms with E-state index in [4.69, 9.17) is 9.72 Å². The van der Waals surface area contributed by atoms with Crippen molar-refractivity contribution in [2.75, 3.05) is 31.6 Å². The SMILES string of the molecule is CCCOC1CCCN(c2nc(C(C)NC)cs2)C1. The van der Waals surface area contributed by atoms with Crippen LogP contribution in [0.3, 0.4) is 0 Å². The van der Waals surface area contributed by atoms with E-state index in [1.807, 2.05) is 7.05 Å². The van der Waals surface area contributed by atoms with E-state index in [1.165, 1.54) is 12.8 Å². The number of piperidine rings is 1. The summed E-state index contributed by atoms with van der Waals surface area (Å²) in [7, 11) is 1.97. The number of rotatable bonds is 6. The lowest BCUT2D eigenvalue weighted by atomic mass is 10.1. The van der Waals surface area contributed by atoms with Gasteiger partial charge in [0.1, 0.15) is 0 Å². The number of anilines is 1. The molecule has 0 saturated carbocycles. The number of thiazole rings is 1. The van der Waals surface area contributed by atoms with Gasteiger partial charge >= 0.3 is 0 Å². The van der Waals surface area contributed by atoms with E-state index in [0.29, 0.717) is 12.1 Å². The normalized spacial score (nSPS) is 21.6. The molecule has 0 amide bonds. The Bertz CT molecular complexity index is 383. The van der Waals surface area contributed by atoms with Gasteiger partial charge in [0.15, 0.2) is 5.13 Å². The summed E-state index contributed by atoms with van der Waals surface area (Å²) in [5.41, 5.74) is 1.14. The second-order valence-corrected chi connectivity index (χ2v) is 5.98. The zero-order valence-corrected chi connectivity index (χ0v) is 13.0. The molecule has 2 unspecified atom stereocenters. The van der Waals surface area contributed by atoms with Crippen molar-refractivity contribution in [2.45, 2.75) is 45.3 Å². The minimum absolute atomic E-state index is 0.321. The molecule has 1 aliphatic rings. The topological polar surface area (TPSA) is 37.4 Å². The molecular formula is C14H25N3OS. The smallest absolute Gasteiger partial charge is 0.185 e. The van der Waals surface area contributed by atoms with Crippen molar-refractivity contribution in [3.05, 3.63) is 11.1 Å². The molecule has 0 bridgehead atoms. The molecule has 1 aliphatic heterocycles. The fourth-order valence-electron chi connectivity index (χ4n) is 2.30. The van der Waals surface area contributed by atoms with Crippen LogP contribution >= 0.6 is 11.3 Å². The first-order valence-corrected chi connectivity index (χ1v) is 8.11. The summed E-state index contributed by atoms with van der Waals surface area (Å²) in [6.45, 7) is 7.27. The Hall–Kier alpha value is -0.650. The molecule has 0 aliphatic carbocycles. The summed E-state index contributed by atoms with van der Waals surface area (Å²) in [5.74, 6) is 0. The van der Waals surface area contributed by atoms with Gasteiger partial charge in [0.25, 0.3) is 0 Å². The Morgan fingerprint density at radius 1 is 1.63 bits per heavy atom. The number of hydrogen-bond donors (Lipinski definition) is 1. The molecule has 1 aromatic rings. The summed E-state index contributed by atoms with van der Waals surface area (Å²) < 4.78 is 5.88. The predicted molar refractivity (Wildman–Crippen MR) is 81.1 cm³/mol. The second-order valence-electron chi connectivity index (χ2n) is 5.15. The van der Waals surface area contributed by atoms with E-state index in [2.05, 4.69) is 29.4 Å². The van der Waals surface area contributed by atoms with Crippen molar-refractivity contribution >= 4 is 16.5 Å². The first-order chi connectivity index (χ1) is 9.24. The lowest BCUT2D eigenvalue weighted by Gasteiger charge is -2.32. The molecule has 2 heterocycles. The fraction of sp³-hybridized carbons (Fsp3) is 0.786. The minimum atomic E-state index is 0.321. The molecule has 1 saturated heterocycles. The molecule has 5 heteroatoms. The molecule has 2 atom stereocenters. The quantitative estimate of drug-likeness (QED) is 0.871. The first-order valence-electron chi connectivity index (χ1n) is 7.23. The molecule has 1 fully saturated rings. The van der Waals surface area contributed by atoms with Crippen LogP contribution in [0.2, 0.25) is 0 Å². The highest BCUT2D eigenvalue weighted by Crippen LogP contribution is 2.27. The fourth-order valence-corrected chi connectivity index (χ4v) is 3.26. The lowest BCUT2D eigenvalue weighted by Crippen LogP contribution is -2.39. The Morgan fingerprint density at radius 3 is 3.21 bits per heavy atom. The summed E-state index contributed by atoms with van der Waals surface area (Å²) in [5, 5.41) is 6.54. The van der Waals surface area contributed by atoms with Crippen LogP contribution in [0.15, 0.2) is 5.38 Å². The summed E-state index contributed by atoms with van der Waals surface area (Å²) in [6, 6.07) is 0.321. The average molecular weight is 283 g/mol. The molecule has 0 radical (unpaired) electrons. The molecule has 2 rings (SSSR count). The standard InChI is InChI=1S/C14H25N3OS/c1-4-8-18-12-6-5-7-17(9-12)14-16-13(10-19-14)11(2)15-3/h10-12,15H,4-9H2,1-3H3. The number of ether oxygens (including phenoxy) is 1. The summed E-state index contributed by atoms with van der Waals surface area (Å²) in [6.07, 6.45) is 3.85. The maximum atomic E-state index is 5.88. The second kappa shape index (κ2) is 7.22. The van der Waals surface area contributed by atoms with Gasteiger partial charge in [-0.1, -0.05) is 6.92 Å². The van der Waals surface area contributed by atoms with Gasteiger partial charge in [-0.05, 0) is 33.2 Å².